The van der Waals surface area contributed by atoms with Gasteiger partial charge in [0.05, 0.1) is 26.4 Å². The summed E-state index contributed by atoms with van der Waals surface area (Å²) in [5.41, 5.74) is 8.98. The molecule has 5 nitrogen and oxygen atoms in total. The topological polar surface area (TPSA) is 46.2 Å². The molecule has 10 bridgehead atoms. The van der Waals surface area contributed by atoms with E-state index in [1.54, 1.807) is 0 Å². The first-order chi connectivity index (χ1) is 22.0. The standard InChI is InChI=1S/C38H40Br2O5/c1-3-11-42-35-25-7-5-8-26(35)18-30-22-34(40)24-32-20-28-10-6-9-27(36(28)43-12-4-2)19-31-23-33(39)21-29(17-25)37(31)44-15-13-41-14-16-45-38(30)32/h5-10,21-24H,3-4,11-20H2,1-2H3. The Bertz CT molecular complexity index is 1440. The average Bonchev–Trinajstić information content (AvgIpc) is 3.01. The fraction of sp³-hybridized carbons (Fsp3) is 0.368. The van der Waals surface area contributed by atoms with Crippen LogP contribution in [0.2, 0.25) is 0 Å². The van der Waals surface area contributed by atoms with Crippen molar-refractivity contribution in [3.8, 4) is 23.0 Å². The van der Waals surface area contributed by atoms with E-state index in [4.69, 9.17) is 23.7 Å². The van der Waals surface area contributed by atoms with Crippen LogP contribution in [0.3, 0.4) is 0 Å². The van der Waals surface area contributed by atoms with E-state index in [1.165, 1.54) is 0 Å². The molecule has 0 fully saturated rings. The third-order valence-corrected chi connectivity index (χ3v) is 9.06. The molecular formula is C38H40Br2O5. The molecule has 2 aliphatic heterocycles. The molecule has 0 spiro atoms. The lowest BCUT2D eigenvalue weighted by molar-refractivity contribution is 0.0755. The summed E-state index contributed by atoms with van der Waals surface area (Å²) in [5, 5.41) is 0. The minimum atomic E-state index is 0.439. The lowest BCUT2D eigenvalue weighted by atomic mass is 9.91. The number of hydrogen-bond acceptors (Lipinski definition) is 5. The Morgan fingerprint density at radius 1 is 0.533 bits per heavy atom. The van der Waals surface area contributed by atoms with Crippen molar-refractivity contribution in [3.63, 3.8) is 0 Å². The normalized spacial score (nSPS) is 14.6. The van der Waals surface area contributed by atoms with Gasteiger partial charge in [0.15, 0.2) is 0 Å². The molecule has 1 aliphatic carbocycles. The van der Waals surface area contributed by atoms with Gasteiger partial charge in [-0.2, -0.15) is 0 Å². The number of para-hydroxylation sites is 2. The third kappa shape index (κ3) is 7.53. The van der Waals surface area contributed by atoms with E-state index in [9.17, 15) is 0 Å². The van der Waals surface area contributed by atoms with Crippen molar-refractivity contribution in [3.05, 3.63) is 114 Å². The second-order valence-electron chi connectivity index (χ2n) is 11.6. The molecule has 45 heavy (non-hydrogen) atoms. The lowest BCUT2D eigenvalue weighted by Crippen LogP contribution is -2.16. The van der Waals surface area contributed by atoms with Crippen LogP contribution < -0.4 is 18.9 Å². The minimum Gasteiger partial charge on any atom is -0.493 e. The van der Waals surface area contributed by atoms with E-state index >= 15 is 0 Å². The number of rotatable bonds is 6. The molecule has 0 radical (unpaired) electrons. The Balaban J connectivity index is 1.64. The summed E-state index contributed by atoms with van der Waals surface area (Å²) in [6, 6.07) is 21.7. The van der Waals surface area contributed by atoms with E-state index in [-0.39, 0.29) is 0 Å². The molecule has 0 saturated carbocycles. The molecule has 0 amide bonds. The summed E-state index contributed by atoms with van der Waals surface area (Å²) >= 11 is 7.67. The Morgan fingerprint density at radius 2 is 0.889 bits per heavy atom. The van der Waals surface area contributed by atoms with Gasteiger partial charge < -0.3 is 23.7 Å². The number of benzene rings is 4. The van der Waals surface area contributed by atoms with Crippen molar-refractivity contribution < 1.29 is 23.7 Å². The summed E-state index contributed by atoms with van der Waals surface area (Å²) in [6.07, 6.45) is 4.53. The van der Waals surface area contributed by atoms with Gasteiger partial charge in [0.1, 0.15) is 36.2 Å². The van der Waals surface area contributed by atoms with E-state index in [0.29, 0.717) is 65.3 Å². The Labute approximate surface area is 283 Å². The van der Waals surface area contributed by atoms with Crippen LogP contribution in [0, 0.1) is 0 Å². The molecule has 4 aromatic carbocycles. The van der Waals surface area contributed by atoms with Gasteiger partial charge in [0.25, 0.3) is 0 Å². The van der Waals surface area contributed by atoms with Gasteiger partial charge in [-0.15, -0.1) is 0 Å². The van der Waals surface area contributed by atoms with Crippen LogP contribution in [-0.4, -0.2) is 39.6 Å². The van der Waals surface area contributed by atoms with Crippen LogP contribution >= 0.6 is 31.9 Å². The molecule has 0 aromatic heterocycles. The molecule has 7 rings (SSSR count). The zero-order chi connectivity index (χ0) is 31.2. The van der Waals surface area contributed by atoms with E-state index < -0.39 is 0 Å². The highest BCUT2D eigenvalue weighted by Crippen LogP contribution is 2.41. The first kappa shape index (κ1) is 32.0. The predicted octanol–water partition coefficient (Wildman–Crippen LogP) is 9.25. The highest BCUT2D eigenvalue weighted by molar-refractivity contribution is 9.10. The summed E-state index contributed by atoms with van der Waals surface area (Å²) in [5.74, 6) is 3.68. The van der Waals surface area contributed by atoms with Gasteiger partial charge >= 0.3 is 0 Å². The van der Waals surface area contributed by atoms with E-state index in [0.717, 1.165) is 89.3 Å². The van der Waals surface area contributed by atoms with Crippen molar-refractivity contribution in [2.75, 3.05) is 39.6 Å². The molecule has 7 heteroatoms. The quantitative estimate of drug-likeness (QED) is 0.163. The number of hydrogen-bond donors (Lipinski definition) is 0. The smallest absolute Gasteiger partial charge is 0.126 e. The van der Waals surface area contributed by atoms with Gasteiger partial charge in [-0.25, -0.2) is 0 Å². The van der Waals surface area contributed by atoms with Crippen molar-refractivity contribution in [1.82, 2.24) is 0 Å². The zero-order valence-electron chi connectivity index (χ0n) is 26.1. The van der Waals surface area contributed by atoms with Crippen molar-refractivity contribution >= 4 is 31.9 Å². The van der Waals surface area contributed by atoms with Gasteiger partial charge in [0, 0.05) is 56.9 Å². The molecule has 2 heterocycles. The fourth-order valence-electron chi connectivity index (χ4n) is 6.26. The maximum Gasteiger partial charge on any atom is 0.126 e. The van der Waals surface area contributed by atoms with Gasteiger partial charge in [-0.1, -0.05) is 82.1 Å². The summed E-state index contributed by atoms with van der Waals surface area (Å²) in [7, 11) is 0. The third-order valence-electron chi connectivity index (χ3n) is 8.14. The van der Waals surface area contributed by atoms with Crippen LogP contribution in [0.1, 0.15) is 71.2 Å². The van der Waals surface area contributed by atoms with Crippen LogP contribution in [-0.2, 0) is 30.4 Å². The average molecular weight is 737 g/mol. The van der Waals surface area contributed by atoms with Gasteiger partial charge in [0.2, 0.25) is 0 Å². The second-order valence-corrected chi connectivity index (χ2v) is 13.5. The molecule has 4 aromatic rings. The predicted molar refractivity (Wildman–Crippen MR) is 186 cm³/mol. The minimum absolute atomic E-state index is 0.439. The van der Waals surface area contributed by atoms with Crippen molar-refractivity contribution in [2.45, 2.75) is 52.4 Å². The van der Waals surface area contributed by atoms with E-state index in [1.807, 2.05) is 0 Å². The first-order valence-electron chi connectivity index (χ1n) is 16.0. The van der Waals surface area contributed by atoms with Crippen LogP contribution in [0.25, 0.3) is 0 Å². The first-order valence-corrected chi connectivity index (χ1v) is 17.6. The maximum atomic E-state index is 6.60. The van der Waals surface area contributed by atoms with E-state index in [2.05, 4.69) is 106 Å². The summed E-state index contributed by atoms with van der Waals surface area (Å²) < 4.78 is 34.3. The van der Waals surface area contributed by atoms with Crippen molar-refractivity contribution in [2.24, 2.45) is 0 Å². The summed E-state index contributed by atoms with van der Waals surface area (Å²) in [4.78, 5) is 0. The molecule has 0 N–H and O–H groups in total. The second kappa shape index (κ2) is 15.1. The van der Waals surface area contributed by atoms with Crippen molar-refractivity contribution in [1.29, 1.82) is 0 Å². The molecule has 236 valence electrons. The van der Waals surface area contributed by atoms with Crippen LogP contribution in [0.5, 0.6) is 23.0 Å². The van der Waals surface area contributed by atoms with Crippen LogP contribution in [0.15, 0.2) is 69.6 Å². The van der Waals surface area contributed by atoms with Gasteiger partial charge in [-0.05, 0) is 59.4 Å². The Morgan fingerprint density at radius 3 is 1.22 bits per heavy atom. The molecule has 0 saturated heterocycles. The Kier molecular flexibility index (Phi) is 10.7. The molecule has 0 atom stereocenters. The largest absolute Gasteiger partial charge is 0.493 e. The monoisotopic (exact) mass is 734 g/mol. The number of fused-ring (bicyclic) bond motifs is 6. The SMILES string of the molecule is CCCOc1c2cccc1Cc1cc(Br)cc3c1OCCOCCOc1c(cc(Br)cc1Cc1cccc(c1OCCC)C3)C2. The maximum absolute atomic E-state index is 6.60. The van der Waals surface area contributed by atoms with Crippen LogP contribution in [0.4, 0.5) is 0 Å². The highest BCUT2D eigenvalue weighted by atomic mass is 79.9. The molecule has 3 aliphatic rings. The lowest BCUT2D eigenvalue weighted by Gasteiger charge is -2.24. The number of halogens is 2. The molecule has 0 unspecified atom stereocenters. The number of ether oxygens (including phenoxy) is 5. The Hall–Kier alpha value is -3.00. The highest BCUT2D eigenvalue weighted by Gasteiger charge is 2.23. The fourth-order valence-corrected chi connectivity index (χ4v) is 7.37. The molecular weight excluding hydrogens is 696 g/mol. The summed E-state index contributed by atoms with van der Waals surface area (Å²) in [6.45, 7) is 7.41. The zero-order valence-corrected chi connectivity index (χ0v) is 29.2. The van der Waals surface area contributed by atoms with Gasteiger partial charge in [-0.3, -0.25) is 0 Å².